The van der Waals surface area contributed by atoms with E-state index in [0.717, 1.165) is 23.3 Å². The Morgan fingerprint density at radius 1 is 1.29 bits per heavy atom. The van der Waals surface area contributed by atoms with E-state index in [4.69, 9.17) is 4.74 Å². The first-order valence-corrected chi connectivity index (χ1v) is 9.46. The normalized spacial score (nSPS) is 15.3. The van der Waals surface area contributed by atoms with Crippen molar-refractivity contribution in [1.82, 2.24) is 20.1 Å². The summed E-state index contributed by atoms with van der Waals surface area (Å²) in [5.74, 6) is 0.711. The molecule has 0 aliphatic carbocycles. The number of aromatic nitrogens is 1. The molecular formula is C21H26N4O3. The second-order valence-electron chi connectivity index (χ2n) is 6.79. The quantitative estimate of drug-likeness (QED) is 0.833. The van der Waals surface area contributed by atoms with Crippen molar-refractivity contribution < 1.29 is 14.3 Å². The van der Waals surface area contributed by atoms with Crippen molar-refractivity contribution >= 4 is 11.9 Å². The monoisotopic (exact) mass is 382 g/mol. The molecule has 1 aliphatic rings. The van der Waals surface area contributed by atoms with Gasteiger partial charge in [-0.15, -0.1) is 0 Å². The summed E-state index contributed by atoms with van der Waals surface area (Å²) < 4.78 is 5.23. The Hall–Kier alpha value is -3.09. The number of nitrogens with zero attached hydrogens (tertiary/aromatic N) is 3. The zero-order valence-electron chi connectivity index (χ0n) is 16.3. The van der Waals surface area contributed by atoms with Crippen LogP contribution in [0.15, 0.2) is 48.8 Å². The highest BCUT2D eigenvalue weighted by Crippen LogP contribution is 2.18. The number of hydrogen-bond donors (Lipinski definition) is 1. The predicted molar refractivity (Wildman–Crippen MR) is 106 cm³/mol. The number of methoxy groups -OCH3 is 1. The van der Waals surface area contributed by atoms with Crippen molar-refractivity contribution in [1.29, 1.82) is 0 Å². The molecule has 1 unspecified atom stereocenters. The standard InChI is InChI=1S/C21H26N4O3/c1-3-19(17-7-5-9-22-13-17)23-21(27)25-11-10-24(20(26)15-25)14-16-6-4-8-18(12-16)28-2/h4-9,12-13,19H,3,10-11,14-15H2,1-2H3,(H,23,27). The van der Waals surface area contributed by atoms with Gasteiger partial charge in [-0.3, -0.25) is 9.78 Å². The molecule has 28 heavy (non-hydrogen) atoms. The fraction of sp³-hybridized carbons (Fsp3) is 0.381. The lowest BCUT2D eigenvalue weighted by Gasteiger charge is -2.35. The Morgan fingerprint density at radius 2 is 2.14 bits per heavy atom. The zero-order chi connectivity index (χ0) is 19.9. The Balaban J connectivity index is 1.56. The van der Waals surface area contributed by atoms with E-state index >= 15 is 0 Å². The molecule has 7 heteroatoms. The van der Waals surface area contributed by atoms with Crippen LogP contribution in [0.5, 0.6) is 5.75 Å². The van der Waals surface area contributed by atoms with Crippen molar-refractivity contribution in [2.75, 3.05) is 26.7 Å². The maximum absolute atomic E-state index is 12.6. The number of urea groups is 1. The van der Waals surface area contributed by atoms with Gasteiger partial charge >= 0.3 is 6.03 Å². The Labute approximate surface area is 165 Å². The number of piperazine rings is 1. The van der Waals surface area contributed by atoms with Gasteiger partial charge in [0.15, 0.2) is 0 Å². The highest BCUT2D eigenvalue weighted by molar-refractivity contribution is 5.85. The number of nitrogens with one attached hydrogen (secondary N) is 1. The summed E-state index contributed by atoms with van der Waals surface area (Å²) in [4.78, 5) is 32.7. The molecule has 0 spiro atoms. The van der Waals surface area contributed by atoms with Crippen molar-refractivity contribution in [2.24, 2.45) is 0 Å². The molecule has 1 aromatic carbocycles. The van der Waals surface area contributed by atoms with E-state index in [1.807, 2.05) is 43.3 Å². The Morgan fingerprint density at radius 3 is 2.82 bits per heavy atom. The van der Waals surface area contributed by atoms with Gasteiger partial charge in [-0.05, 0) is 35.7 Å². The van der Waals surface area contributed by atoms with Crippen molar-refractivity contribution in [3.63, 3.8) is 0 Å². The minimum atomic E-state index is -0.218. The van der Waals surface area contributed by atoms with Gasteiger partial charge < -0.3 is 19.9 Å². The summed E-state index contributed by atoms with van der Waals surface area (Å²) in [6.45, 7) is 3.62. The van der Waals surface area contributed by atoms with Gasteiger partial charge in [0.05, 0.1) is 13.2 Å². The van der Waals surface area contributed by atoms with E-state index in [2.05, 4.69) is 10.3 Å². The molecule has 1 N–H and O–H groups in total. The van der Waals surface area contributed by atoms with Gasteiger partial charge in [0.1, 0.15) is 12.3 Å². The smallest absolute Gasteiger partial charge is 0.318 e. The lowest BCUT2D eigenvalue weighted by atomic mass is 10.1. The SMILES string of the molecule is CCC(NC(=O)N1CCN(Cc2cccc(OC)c2)C(=O)C1)c1cccnc1. The van der Waals surface area contributed by atoms with Crippen LogP contribution in [-0.4, -0.2) is 53.5 Å². The third-order valence-electron chi connectivity index (χ3n) is 4.91. The molecule has 0 radical (unpaired) electrons. The highest BCUT2D eigenvalue weighted by atomic mass is 16.5. The number of carbonyl (C=O) groups excluding carboxylic acids is 2. The van der Waals surface area contributed by atoms with Crippen LogP contribution in [0.2, 0.25) is 0 Å². The van der Waals surface area contributed by atoms with Crippen LogP contribution in [0, 0.1) is 0 Å². The summed E-state index contributed by atoms with van der Waals surface area (Å²) in [6.07, 6.45) is 4.21. The lowest BCUT2D eigenvalue weighted by Crippen LogP contribution is -2.54. The van der Waals surface area contributed by atoms with E-state index in [-0.39, 0.29) is 24.5 Å². The van der Waals surface area contributed by atoms with Crippen LogP contribution in [0.25, 0.3) is 0 Å². The van der Waals surface area contributed by atoms with Crippen molar-refractivity contribution in [3.05, 3.63) is 59.9 Å². The zero-order valence-corrected chi connectivity index (χ0v) is 16.3. The summed E-state index contributed by atoms with van der Waals surface area (Å²) in [6, 6.07) is 11.1. The lowest BCUT2D eigenvalue weighted by molar-refractivity contribution is -0.135. The van der Waals surface area contributed by atoms with Gasteiger partial charge in [0.25, 0.3) is 0 Å². The van der Waals surface area contributed by atoms with Gasteiger partial charge in [-0.2, -0.15) is 0 Å². The second-order valence-corrected chi connectivity index (χ2v) is 6.79. The number of ether oxygens (including phenoxy) is 1. The molecule has 2 aromatic rings. The van der Waals surface area contributed by atoms with Gasteiger partial charge in [0, 0.05) is 32.0 Å². The topological polar surface area (TPSA) is 74.8 Å². The number of carbonyl (C=O) groups is 2. The molecule has 1 aliphatic heterocycles. The summed E-state index contributed by atoms with van der Waals surface area (Å²) in [5, 5.41) is 3.01. The van der Waals surface area contributed by atoms with Gasteiger partial charge in [0.2, 0.25) is 5.91 Å². The molecule has 1 saturated heterocycles. The molecule has 0 bridgehead atoms. The van der Waals surface area contributed by atoms with Crippen molar-refractivity contribution in [3.8, 4) is 5.75 Å². The van der Waals surface area contributed by atoms with E-state index in [0.29, 0.717) is 19.6 Å². The predicted octanol–water partition coefficient (Wildman–Crippen LogP) is 2.60. The minimum Gasteiger partial charge on any atom is -0.497 e. The van der Waals surface area contributed by atoms with Crippen LogP contribution in [0.4, 0.5) is 4.79 Å². The maximum Gasteiger partial charge on any atom is 0.318 e. The molecule has 7 nitrogen and oxygen atoms in total. The molecule has 1 fully saturated rings. The van der Waals surface area contributed by atoms with Crippen LogP contribution in [0.3, 0.4) is 0 Å². The fourth-order valence-corrected chi connectivity index (χ4v) is 3.28. The maximum atomic E-state index is 12.6. The first kappa shape index (κ1) is 19.7. The van der Waals surface area contributed by atoms with Crippen LogP contribution >= 0.6 is 0 Å². The number of benzene rings is 1. The van der Waals surface area contributed by atoms with Crippen LogP contribution in [0.1, 0.15) is 30.5 Å². The second kappa shape index (κ2) is 9.21. The van der Waals surface area contributed by atoms with Crippen LogP contribution in [-0.2, 0) is 11.3 Å². The number of amides is 3. The van der Waals surface area contributed by atoms with E-state index < -0.39 is 0 Å². The summed E-state index contributed by atoms with van der Waals surface area (Å²) >= 11 is 0. The van der Waals surface area contributed by atoms with Gasteiger partial charge in [-0.25, -0.2) is 4.79 Å². The van der Waals surface area contributed by atoms with E-state index in [1.165, 1.54) is 0 Å². The molecule has 1 atom stereocenters. The largest absolute Gasteiger partial charge is 0.497 e. The van der Waals surface area contributed by atoms with Crippen molar-refractivity contribution in [2.45, 2.75) is 25.9 Å². The third-order valence-corrected chi connectivity index (χ3v) is 4.91. The summed E-state index contributed by atoms with van der Waals surface area (Å²) in [7, 11) is 1.62. The average Bonchev–Trinajstić information content (AvgIpc) is 2.74. The summed E-state index contributed by atoms with van der Waals surface area (Å²) in [5.41, 5.74) is 1.97. The Bertz CT molecular complexity index is 812. The van der Waals surface area contributed by atoms with Crippen LogP contribution < -0.4 is 10.1 Å². The molecule has 148 valence electrons. The van der Waals surface area contributed by atoms with E-state index in [9.17, 15) is 9.59 Å². The third kappa shape index (κ3) is 4.79. The van der Waals surface area contributed by atoms with Gasteiger partial charge in [-0.1, -0.05) is 25.1 Å². The number of pyridine rings is 1. The molecule has 3 amide bonds. The highest BCUT2D eigenvalue weighted by Gasteiger charge is 2.28. The first-order valence-electron chi connectivity index (χ1n) is 9.46. The molecule has 0 saturated carbocycles. The molecule has 2 heterocycles. The fourth-order valence-electron chi connectivity index (χ4n) is 3.28. The van der Waals surface area contributed by atoms with E-state index in [1.54, 1.807) is 29.3 Å². The molecular weight excluding hydrogens is 356 g/mol. The molecule has 3 rings (SSSR count). The average molecular weight is 382 g/mol. The number of hydrogen-bond acceptors (Lipinski definition) is 4. The first-order chi connectivity index (χ1) is 13.6. The Kier molecular flexibility index (Phi) is 6.47. The minimum absolute atomic E-state index is 0.0568. The number of rotatable bonds is 6. The molecule has 1 aromatic heterocycles.